The number of nitrogens with zero attached hydrogens (tertiary/aromatic N) is 1. The summed E-state index contributed by atoms with van der Waals surface area (Å²) < 4.78 is 26.5. The Hall–Kier alpha value is -0.0400. The fourth-order valence-electron chi connectivity index (χ4n) is 2.34. The van der Waals surface area contributed by atoms with Crippen LogP contribution in [-0.4, -0.2) is 37.5 Å². The van der Waals surface area contributed by atoms with Crippen LogP contribution in [0.15, 0.2) is 17.0 Å². The summed E-state index contributed by atoms with van der Waals surface area (Å²) in [5.41, 5.74) is 0. The Bertz CT molecular complexity index is 583. The molecule has 8 heteroatoms. The van der Waals surface area contributed by atoms with Crippen molar-refractivity contribution in [3.63, 3.8) is 0 Å². The minimum atomic E-state index is -3.74. The van der Waals surface area contributed by atoms with Crippen LogP contribution in [0.3, 0.4) is 0 Å². The van der Waals surface area contributed by atoms with Crippen LogP contribution >= 0.6 is 34.8 Å². The lowest BCUT2D eigenvalue weighted by Gasteiger charge is -2.18. The van der Waals surface area contributed by atoms with Gasteiger partial charge in [-0.2, -0.15) is 4.31 Å². The summed E-state index contributed by atoms with van der Waals surface area (Å²) in [5, 5.41) is 9.26. The van der Waals surface area contributed by atoms with Gasteiger partial charge in [0.2, 0.25) is 10.0 Å². The van der Waals surface area contributed by atoms with Gasteiger partial charge in [-0.05, 0) is 30.9 Å². The van der Waals surface area contributed by atoms with E-state index in [-0.39, 0.29) is 27.5 Å². The van der Waals surface area contributed by atoms with Gasteiger partial charge in [0.25, 0.3) is 0 Å². The molecule has 112 valence electrons. The van der Waals surface area contributed by atoms with Crippen molar-refractivity contribution < 1.29 is 13.5 Å². The molecule has 0 aliphatic carbocycles. The van der Waals surface area contributed by atoms with E-state index in [0.717, 1.165) is 6.42 Å². The lowest BCUT2D eigenvalue weighted by molar-refractivity contribution is 0.259. The summed E-state index contributed by atoms with van der Waals surface area (Å²) >= 11 is 17.8. The van der Waals surface area contributed by atoms with Gasteiger partial charge in [-0.15, -0.1) is 0 Å². The molecule has 2 rings (SSSR count). The quantitative estimate of drug-likeness (QED) is 0.900. The van der Waals surface area contributed by atoms with Crippen molar-refractivity contribution in [2.45, 2.75) is 17.7 Å². The second-order valence-corrected chi connectivity index (χ2v) is 7.85. The third-order valence-corrected chi connectivity index (χ3v) is 6.35. The maximum atomic E-state index is 12.6. The number of aliphatic hydroxyl groups is 1. The van der Waals surface area contributed by atoms with Crippen molar-refractivity contribution in [3.8, 4) is 0 Å². The van der Waals surface area contributed by atoms with Crippen molar-refractivity contribution in [3.05, 3.63) is 27.2 Å². The number of hydrogen-bond donors (Lipinski definition) is 1. The van der Waals surface area contributed by atoms with Crippen molar-refractivity contribution in [1.29, 1.82) is 0 Å². The van der Waals surface area contributed by atoms with Gasteiger partial charge in [0.15, 0.2) is 0 Å². The van der Waals surface area contributed by atoms with Crippen molar-refractivity contribution >= 4 is 44.8 Å². The Morgan fingerprint density at radius 1 is 1.25 bits per heavy atom. The van der Waals surface area contributed by atoms with E-state index in [1.54, 1.807) is 0 Å². The minimum Gasteiger partial charge on any atom is -0.396 e. The molecule has 1 fully saturated rings. The number of aliphatic hydroxyl groups excluding tert-OH is 1. The molecule has 1 unspecified atom stereocenters. The summed E-state index contributed by atoms with van der Waals surface area (Å²) in [7, 11) is -3.74. The molecule has 20 heavy (non-hydrogen) atoms. The Kier molecular flexibility index (Phi) is 5.21. The topological polar surface area (TPSA) is 57.6 Å². The average molecular weight is 359 g/mol. The Morgan fingerprint density at radius 2 is 1.85 bits per heavy atom. The van der Waals surface area contributed by atoms with E-state index in [9.17, 15) is 8.42 Å². The van der Waals surface area contributed by atoms with E-state index in [4.69, 9.17) is 39.9 Å². The van der Waals surface area contributed by atoms with Gasteiger partial charge in [0.1, 0.15) is 4.90 Å². The third kappa shape index (κ3) is 3.24. The molecular weight excluding hydrogens is 345 g/mol. The molecule has 1 aliphatic rings. The van der Waals surface area contributed by atoms with Crippen LogP contribution in [0.25, 0.3) is 0 Å². The first-order valence-corrected chi connectivity index (χ1v) is 8.69. The average Bonchev–Trinajstić information content (AvgIpc) is 2.76. The molecule has 0 aromatic heterocycles. The SMILES string of the molecule is O=S(=O)(c1c(Cl)cc(Cl)cc1Cl)N1CCC(CCO)C1. The Morgan fingerprint density at radius 3 is 2.40 bits per heavy atom. The highest BCUT2D eigenvalue weighted by Crippen LogP contribution is 2.36. The second kappa shape index (κ2) is 6.38. The fraction of sp³-hybridized carbons (Fsp3) is 0.500. The zero-order valence-electron chi connectivity index (χ0n) is 10.5. The van der Waals surface area contributed by atoms with Crippen molar-refractivity contribution in [2.75, 3.05) is 19.7 Å². The van der Waals surface area contributed by atoms with Gasteiger partial charge in [-0.3, -0.25) is 0 Å². The molecule has 1 aromatic carbocycles. The number of hydrogen-bond acceptors (Lipinski definition) is 3. The first kappa shape index (κ1) is 16.3. The fourth-order valence-corrected chi connectivity index (χ4v) is 5.36. The van der Waals surface area contributed by atoms with Gasteiger partial charge in [-0.1, -0.05) is 34.8 Å². The first-order chi connectivity index (χ1) is 9.36. The number of rotatable bonds is 4. The molecule has 1 heterocycles. The van der Waals surface area contributed by atoms with Gasteiger partial charge in [0, 0.05) is 24.7 Å². The number of halogens is 3. The van der Waals surface area contributed by atoms with Crippen LogP contribution in [0, 0.1) is 5.92 Å². The van der Waals surface area contributed by atoms with Gasteiger partial charge in [-0.25, -0.2) is 8.42 Å². The summed E-state index contributed by atoms with van der Waals surface area (Å²) in [6.45, 7) is 0.835. The first-order valence-electron chi connectivity index (χ1n) is 6.12. The minimum absolute atomic E-state index is 0.0214. The van der Waals surface area contributed by atoms with E-state index in [1.165, 1.54) is 16.4 Å². The normalized spacial score (nSPS) is 20.5. The largest absolute Gasteiger partial charge is 0.396 e. The van der Waals surface area contributed by atoms with Crippen LogP contribution in [0.2, 0.25) is 15.1 Å². The summed E-state index contributed by atoms with van der Waals surface area (Å²) in [6, 6.07) is 2.73. The smallest absolute Gasteiger partial charge is 0.246 e. The molecular formula is C12H14Cl3NO3S. The predicted molar refractivity (Wildman–Crippen MR) is 80.0 cm³/mol. The van der Waals surface area contributed by atoms with E-state index >= 15 is 0 Å². The van der Waals surface area contributed by atoms with Crippen LogP contribution in [-0.2, 0) is 10.0 Å². The summed E-state index contributed by atoms with van der Waals surface area (Å²) in [6.07, 6.45) is 1.32. The highest BCUT2D eigenvalue weighted by Gasteiger charge is 2.35. The Labute approximate surface area is 133 Å². The van der Waals surface area contributed by atoms with Gasteiger partial charge in [0.05, 0.1) is 10.0 Å². The lowest BCUT2D eigenvalue weighted by atomic mass is 10.1. The standard InChI is InChI=1S/C12H14Cl3NO3S/c13-9-5-10(14)12(11(15)6-9)20(18,19)16-3-1-8(7-16)2-4-17/h5-6,8,17H,1-4,7H2. The molecule has 4 nitrogen and oxygen atoms in total. The maximum absolute atomic E-state index is 12.6. The molecule has 1 atom stereocenters. The molecule has 0 radical (unpaired) electrons. The maximum Gasteiger partial charge on any atom is 0.246 e. The highest BCUT2D eigenvalue weighted by atomic mass is 35.5. The number of sulfonamides is 1. The zero-order valence-corrected chi connectivity index (χ0v) is 13.6. The second-order valence-electron chi connectivity index (χ2n) is 4.73. The molecule has 1 saturated heterocycles. The van der Waals surface area contributed by atoms with Gasteiger partial charge >= 0.3 is 0 Å². The molecule has 0 saturated carbocycles. The van der Waals surface area contributed by atoms with Crippen LogP contribution in [0.1, 0.15) is 12.8 Å². The molecule has 1 N–H and O–H groups in total. The van der Waals surface area contributed by atoms with Crippen LogP contribution in [0.4, 0.5) is 0 Å². The highest BCUT2D eigenvalue weighted by molar-refractivity contribution is 7.89. The Balaban J connectivity index is 2.33. The van der Waals surface area contributed by atoms with E-state index in [1.807, 2.05) is 0 Å². The van der Waals surface area contributed by atoms with E-state index in [0.29, 0.717) is 24.5 Å². The predicted octanol–water partition coefficient (Wildman–Crippen LogP) is 3.04. The lowest BCUT2D eigenvalue weighted by Crippen LogP contribution is -2.29. The molecule has 0 spiro atoms. The van der Waals surface area contributed by atoms with Gasteiger partial charge < -0.3 is 5.11 Å². The molecule has 0 bridgehead atoms. The van der Waals surface area contributed by atoms with Crippen molar-refractivity contribution in [2.24, 2.45) is 5.92 Å². The van der Waals surface area contributed by atoms with Crippen LogP contribution < -0.4 is 0 Å². The zero-order chi connectivity index (χ0) is 14.9. The summed E-state index contributed by atoms with van der Waals surface area (Å²) in [5.74, 6) is 0.166. The van der Waals surface area contributed by atoms with E-state index in [2.05, 4.69) is 0 Å². The molecule has 1 aliphatic heterocycles. The number of benzene rings is 1. The molecule has 1 aromatic rings. The van der Waals surface area contributed by atoms with Crippen LogP contribution in [0.5, 0.6) is 0 Å². The summed E-state index contributed by atoms with van der Waals surface area (Å²) in [4.78, 5) is -0.102. The molecule has 0 amide bonds. The monoisotopic (exact) mass is 357 g/mol. The van der Waals surface area contributed by atoms with Crippen molar-refractivity contribution in [1.82, 2.24) is 4.31 Å². The third-order valence-electron chi connectivity index (χ3n) is 3.35. The van der Waals surface area contributed by atoms with E-state index < -0.39 is 10.0 Å².